The van der Waals surface area contributed by atoms with Crippen LogP contribution >= 0.6 is 0 Å². The van der Waals surface area contributed by atoms with Gasteiger partial charge in [-0.05, 0) is 12.1 Å². The molecule has 134 valence electrons. The molecule has 2 rings (SSSR count). The highest BCUT2D eigenvalue weighted by Gasteiger charge is 2.16. The Balaban J connectivity index is 1.85. The molecule has 0 saturated carbocycles. The van der Waals surface area contributed by atoms with E-state index in [9.17, 15) is 5.11 Å². The minimum Gasteiger partial charge on any atom is -0.389 e. The first kappa shape index (κ1) is 19.0. The Hall–Kier alpha value is -1.36. The van der Waals surface area contributed by atoms with E-state index in [1.54, 1.807) is 0 Å². The number of nitrogens with zero attached hydrogens (tertiary/aromatic N) is 3. The van der Waals surface area contributed by atoms with E-state index in [2.05, 4.69) is 26.4 Å². The van der Waals surface area contributed by atoms with Crippen LogP contribution in [-0.4, -0.2) is 84.7 Å². The maximum atomic E-state index is 10.2. The van der Waals surface area contributed by atoms with E-state index in [1.807, 2.05) is 19.3 Å². The molecule has 0 spiro atoms. The third-order valence-corrected chi connectivity index (χ3v) is 4.24. The number of morpholine rings is 1. The van der Waals surface area contributed by atoms with Gasteiger partial charge in [0.25, 0.3) is 0 Å². The summed E-state index contributed by atoms with van der Waals surface area (Å²) in [5, 5.41) is 10.2. The molecule has 0 bridgehead atoms. The van der Waals surface area contributed by atoms with Crippen molar-refractivity contribution in [3.05, 3.63) is 24.0 Å². The Morgan fingerprint density at radius 1 is 1.46 bits per heavy atom. The summed E-state index contributed by atoms with van der Waals surface area (Å²) in [5.74, 6) is 2.42. The van der Waals surface area contributed by atoms with Crippen LogP contribution in [-0.2, 0) is 23.1 Å². The smallest absolute Gasteiger partial charge is 0.107 e. The maximum absolute atomic E-state index is 10.2. The molecular weight excluding hydrogens is 306 g/mol. The van der Waals surface area contributed by atoms with Gasteiger partial charge in [0.15, 0.2) is 0 Å². The van der Waals surface area contributed by atoms with Crippen molar-refractivity contribution in [2.24, 2.45) is 7.05 Å². The van der Waals surface area contributed by atoms with Gasteiger partial charge in [-0.1, -0.05) is 5.92 Å². The van der Waals surface area contributed by atoms with E-state index in [4.69, 9.17) is 15.9 Å². The molecule has 24 heavy (non-hydrogen) atoms. The number of ether oxygens (including phenoxy) is 2. The predicted molar refractivity (Wildman–Crippen MR) is 93.6 cm³/mol. The van der Waals surface area contributed by atoms with Gasteiger partial charge in [0.2, 0.25) is 0 Å². The lowest BCUT2D eigenvalue weighted by Gasteiger charge is -2.31. The summed E-state index contributed by atoms with van der Waals surface area (Å²) in [4.78, 5) is 4.68. The first-order valence-electron chi connectivity index (χ1n) is 8.51. The van der Waals surface area contributed by atoms with Gasteiger partial charge >= 0.3 is 0 Å². The van der Waals surface area contributed by atoms with Crippen molar-refractivity contribution < 1.29 is 14.6 Å². The van der Waals surface area contributed by atoms with Crippen LogP contribution in [0.25, 0.3) is 0 Å². The fourth-order valence-electron chi connectivity index (χ4n) is 2.84. The van der Waals surface area contributed by atoms with Crippen molar-refractivity contribution in [3.63, 3.8) is 0 Å². The van der Waals surface area contributed by atoms with Crippen molar-refractivity contribution in [1.82, 2.24) is 14.4 Å². The van der Waals surface area contributed by atoms with Crippen molar-refractivity contribution >= 4 is 0 Å². The number of aliphatic hydroxyl groups excluding tert-OH is 1. The van der Waals surface area contributed by atoms with E-state index < -0.39 is 6.10 Å². The summed E-state index contributed by atoms with van der Waals surface area (Å²) in [5.41, 5.74) is 1.23. The van der Waals surface area contributed by atoms with Gasteiger partial charge in [-0.3, -0.25) is 9.80 Å². The van der Waals surface area contributed by atoms with Crippen molar-refractivity contribution in [2.75, 3.05) is 59.2 Å². The van der Waals surface area contributed by atoms with Crippen LogP contribution in [0, 0.1) is 12.3 Å². The molecule has 2 heterocycles. The Labute approximate surface area is 144 Å². The Morgan fingerprint density at radius 3 is 2.92 bits per heavy atom. The van der Waals surface area contributed by atoms with Gasteiger partial charge in [0, 0.05) is 58.2 Å². The summed E-state index contributed by atoms with van der Waals surface area (Å²) < 4.78 is 12.8. The lowest BCUT2D eigenvalue weighted by Crippen LogP contribution is -2.43. The molecule has 1 N–H and O–H groups in total. The topological polar surface area (TPSA) is 50.1 Å². The fourth-order valence-corrected chi connectivity index (χ4v) is 2.84. The molecule has 1 fully saturated rings. The molecule has 1 aromatic heterocycles. The zero-order valence-corrected chi connectivity index (χ0v) is 14.6. The zero-order valence-electron chi connectivity index (χ0n) is 14.6. The lowest BCUT2D eigenvalue weighted by molar-refractivity contribution is 0.0133. The summed E-state index contributed by atoms with van der Waals surface area (Å²) in [6, 6.07) is 4.16. The van der Waals surface area contributed by atoms with Crippen LogP contribution in [0.5, 0.6) is 0 Å². The summed E-state index contributed by atoms with van der Waals surface area (Å²) in [7, 11) is 2.04. The van der Waals surface area contributed by atoms with E-state index in [0.717, 1.165) is 45.9 Å². The second-order valence-corrected chi connectivity index (χ2v) is 6.17. The van der Waals surface area contributed by atoms with Crippen LogP contribution < -0.4 is 0 Å². The van der Waals surface area contributed by atoms with Gasteiger partial charge in [0.1, 0.15) is 6.61 Å². The monoisotopic (exact) mass is 335 g/mol. The van der Waals surface area contributed by atoms with E-state index in [1.165, 1.54) is 5.69 Å². The average Bonchev–Trinajstić information content (AvgIpc) is 2.99. The Morgan fingerprint density at radius 2 is 2.25 bits per heavy atom. The van der Waals surface area contributed by atoms with Gasteiger partial charge in [-0.25, -0.2) is 0 Å². The van der Waals surface area contributed by atoms with Crippen LogP contribution in [0.15, 0.2) is 18.3 Å². The molecule has 1 aliphatic rings. The molecule has 1 aliphatic heterocycles. The number of rotatable bonds is 10. The predicted octanol–water partition coefficient (Wildman–Crippen LogP) is 0.170. The highest BCUT2D eigenvalue weighted by molar-refractivity contribution is 5.06. The quantitative estimate of drug-likeness (QED) is 0.488. The van der Waals surface area contributed by atoms with Gasteiger partial charge in [-0.2, -0.15) is 0 Å². The Bertz CT molecular complexity index is 506. The summed E-state index contributed by atoms with van der Waals surface area (Å²) in [6.45, 7) is 7.33. The van der Waals surface area contributed by atoms with E-state index in [0.29, 0.717) is 6.54 Å². The van der Waals surface area contributed by atoms with Crippen LogP contribution in [0.3, 0.4) is 0 Å². The molecule has 0 aromatic carbocycles. The SMILES string of the molecule is C#CCOCC(O)CN(CCN1CCOCC1)Cc1cccn1C. The molecule has 1 unspecified atom stereocenters. The Kier molecular flexibility index (Phi) is 8.29. The summed E-state index contributed by atoms with van der Waals surface area (Å²) in [6.07, 6.45) is 6.67. The first-order valence-corrected chi connectivity index (χ1v) is 8.51. The lowest BCUT2D eigenvalue weighted by atomic mass is 10.3. The largest absolute Gasteiger partial charge is 0.389 e. The normalized spacial score (nSPS) is 17.1. The fraction of sp³-hybridized carbons (Fsp3) is 0.667. The van der Waals surface area contributed by atoms with Gasteiger partial charge in [-0.15, -0.1) is 6.42 Å². The molecule has 1 aromatic rings. The molecule has 6 nitrogen and oxygen atoms in total. The molecule has 6 heteroatoms. The summed E-state index contributed by atoms with van der Waals surface area (Å²) >= 11 is 0. The number of aliphatic hydroxyl groups is 1. The van der Waals surface area contributed by atoms with E-state index in [-0.39, 0.29) is 13.2 Å². The molecule has 1 atom stereocenters. The average molecular weight is 335 g/mol. The first-order chi connectivity index (χ1) is 11.7. The number of aromatic nitrogens is 1. The van der Waals surface area contributed by atoms with Crippen LogP contribution in [0.2, 0.25) is 0 Å². The third kappa shape index (κ3) is 6.63. The molecule has 1 saturated heterocycles. The second-order valence-electron chi connectivity index (χ2n) is 6.17. The molecule has 0 amide bonds. The number of hydrogen-bond acceptors (Lipinski definition) is 5. The van der Waals surface area contributed by atoms with Gasteiger partial charge in [0.05, 0.1) is 25.9 Å². The minimum atomic E-state index is -0.539. The van der Waals surface area contributed by atoms with Crippen LogP contribution in [0.4, 0.5) is 0 Å². The van der Waals surface area contributed by atoms with Crippen molar-refractivity contribution in [1.29, 1.82) is 0 Å². The third-order valence-electron chi connectivity index (χ3n) is 4.24. The van der Waals surface area contributed by atoms with Gasteiger partial charge < -0.3 is 19.1 Å². The maximum Gasteiger partial charge on any atom is 0.107 e. The second kappa shape index (κ2) is 10.5. The number of hydrogen-bond donors (Lipinski definition) is 1. The zero-order chi connectivity index (χ0) is 17.2. The minimum absolute atomic E-state index is 0.239. The van der Waals surface area contributed by atoms with Crippen molar-refractivity contribution in [3.8, 4) is 12.3 Å². The standard InChI is InChI=1S/C18H29N3O3/c1-3-11-24-16-18(22)15-21(14-17-5-4-6-19(17)2)8-7-20-9-12-23-13-10-20/h1,4-6,18,22H,7-16H2,2H3. The van der Waals surface area contributed by atoms with E-state index >= 15 is 0 Å². The molecule has 0 radical (unpaired) electrons. The van der Waals surface area contributed by atoms with Crippen LogP contribution in [0.1, 0.15) is 5.69 Å². The number of aryl methyl sites for hydroxylation is 1. The molecular formula is C18H29N3O3. The highest BCUT2D eigenvalue weighted by atomic mass is 16.5. The number of terminal acetylenes is 1. The highest BCUT2D eigenvalue weighted by Crippen LogP contribution is 2.07. The molecule has 0 aliphatic carbocycles. The van der Waals surface area contributed by atoms with Crippen molar-refractivity contribution in [2.45, 2.75) is 12.6 Å².